The average Bonchev–Trinajstić information content (AvgIpc) is 2.84. The molecule has 1 aromatic carbocycles. The third-order valence-electron chi connectivity index (χ3n) is 4.67. The quantitative estimate of drug-likeness (QED) is 0.572. The van der Waals surface area contributed by atoms with Crippen molar-refractivity contribution in [3.63, 3.8) is 0 Å². The van der Waals surface area contributed by atoms with E-state index in [1.807, 2.05) is 25.1 Å². The van der Waals surface area contributed by atoms with Gasteiger partial charge in [0.05, 0.1) is 16.3 Å². The fraction of sp³-hybridized carbons (Fsp3) is 0.263. The van der Waals surface area contributed by atoms with Gasteiger partial charge in [0.2, 0.25) is 0 Å². The molecule has 0 aliphatic carbocycles. The van der Waals surface area contributed by atoms with E-state index in [-0.39, 0.29) is 10.6 Å². The van der Waals surface area contributed by atoms with Gasteiger partial charge in [0.1, 0.15) is 11.5 Å². The summed E-state index contributed by atoms with van der Waals surface area (Å²) < 4.78 is 1.80. The Hall–Kier alpha value is -3.22. The number of rotatable bonds is 3. The number of nitrogens with one attached hydrogen (secondary N) is 1. The van der Waals surface area contributed by atoms with Crippen LogP contribution in [0.5, 0.6) is 0 Å². The highest BCUT2D eigenvalue weighted by molar-refractivity contribution is 5.69. The first-order chi connectivity index (χ1) is 12.6. The van der Waals surface area contributed by atoms with E-state index in [9.17, 15) is 10.1 Å². The zero-order valence-electron chi connectivity index (χ0n) is 14.5. The Labute approximate surface area is 150 Å². The molecular formula is C19H19N5O2. The molecule has 0 radical (unpaired) electrons. The lowest BCUT2D eigenvalue weighted by atomic mass is 10.1. The summed E-state index contributed by atoms with van der Waals surface area (Å²) in [5, 5.41) is 19.5. The third kappa shape index (κ3) is 2.81. The van der Waals surface area contributed by atoms with E-state index >= 15 is 0 Å². The number of nitrogens with zero attached hydrogens (tertiary/aromatic N) is 4. The highest BCUT2D eigenvalue weighted by Gasteiger charge is 2.23. The summed E-state index contributed by atoms with van der Waals surface area (Å²) in [5.74, 6) is 0.909. The van der Waals surface area contributed by atoms with Crippen molar-refractivity contribution < 1.29 is 4.92 Å². The molecule has 0 saturated heterocycles. The predicted octanol–water partition coefficient (Wildman–Crippen LogP) is 3.90. The van der Waals surface area contributed by atoms with Crippen molar-refractivity contribution in [1.29, 1.82) is 0 Å². The molecule has 0 atom stereocenters. The second-order valence-corrected chi connectivity index (χ2v) is 6.41. The number of aryl methyl sites for hydroxylation is 1. The predicted molar refractivity (Wildman–Crippen MR) is 99.6 cm³/mol. The van der Waals surface area contributed by atoms with Crippen molar-refractivity contribution in [1.82, 2.24) is 14.8 Å². The Kier molecular flexibility index (Phi) is 4.12. The second kappa shape index (κ2) is 6.59. The number of fused-ring (bicyclic) bond motifs is 1. The van der Waals surface area contributed by atoms with Gasteiger partial charge in [0.15, 0.2) is 0 Å². The van der Waals surface area contributed by atoms with Crippen LogP contribution < -0.4 is 5.32 Å². The SMILES string of the molecule is Cc1ccc([N+](=O)[O-])cc1-n1nc(-c2ccccn2)c2c1NCCCC2. The van der Waals surface area contributed by atoms with Gasteiger partial charge >= 0.3 is 0 Å². The van der Waals surface area contributed by atoms with Crippen LogP contribution in [0.3, 0.4) is 0 Å². The van der Waals surface area contributed by atoms with Crippen LogP contribution in [-0.4, -0.2) is 26.2 Å². The van der Waals surface area contributed by atoms with Crippen molar-refractivity contribution in [2.75, 3.05) is 11.9 Å². The normalized spacial score (nSPS) is 13.6. The number of nitro benzene ring substituents is 1. The standard InChI is InChI=1S/C19H19N5O2/c1-13-8-9-14(24(25)26)12-17(13)23-19-15(6-2-4-11-21-19)18(22-23)16-7-3-5-10-20-16/h3,5,7-10,12,21H,2,4,6,11H2,1H3. The Morgan fingerprint density at radius 3 is 2.88 bits per heavy atom. The number of nitro groups is 1. The molecular weight excluding hydrogens is 330 g/mol. The Balaban J connectivity index is 1.94. The molecule has 7 nitrogen and oxygen atoms in total. The van der Waals surface area contributed by atoms with E-state index in [0.717, 1.165) is 54.1 Å². The third-order valence-corrected chi connectivity index (χ3v) is 4.67. The number of aromatic nitrogens is 3. The molecule has 1 N–H and O–H groups in total. The lowest BCUT2D eigenvalue weighted by Crippen LogP contribution is -2.08. The zero-order valence-corrected chi connectivity index (χ0v) is 14.5. The summed E-state index contributed by atoms with van der Waals surface area (Å²) in [7, 11) is 0. The van der Waals surface area contributed by atoms with Gasteiger partial charge in [0, 0.05) is 30.4 Å². The first kappa shape index (κ1) is 16.3. The Morgan fingerprint density at radius 1 is 1.23 bits per heavy atom. The average molecular weight is 349 g/mol. The topological polar surface area (TPSA) is 85.9 Å². The van der Waals surface area contributed by atoms with Crippen LogP contribution in [0.25, 0.3) is 17.1 Å². The highest BCUT2D eigenvalue weighted by atomic mass is 16.6. The fourth-order valence-corrected chi connectivity index (χ4v) is 3.32. The van der Waals surface area contributed by atoms with Gasteiger partial charge in [-0.1, -0.05) is 12.1 Å². The van der Waals surface area contributed by atoms with E-state index < -0.39 is 0 Å². The molecule has 3 heterocycles. The minimum atomic E-state index is -0.377. The lowest BCUT2D eigenvalue weighted by Gasteiger charge is -2.11. The minimum Gasteiger partial charge on any atom is -0.370 e. The number of hydrogen-bond acceptors (Lipinski definition) is 5. The summed E-state index contributed by atoms with van der Waals surface area (Å²) in [4.78, 5) is 15.3. The van der Waals surface area contributed by atoms with Crippen LogP contribution in [0.2, 0.25) is 0 Å². The van der Waals surface area contributed by atoms with Gasteiger partial charge in [-0.05, 0) is 43.9 Å². The van der Waals surface area contributed by atoms with Crippen LogP contribution in [-0.2, 0) is 6.42 Å². The molecule has 0 unspecified atom stereocenters. The van der Waals surface area contributed by atoms with Crippen molar-refractivity contribution in [2.45, 2.75) is 26.2 Å². The van der Waals surface area contributed by atoms with Crippen LogP contribution in [0.1, 0.15) is 24.0 Å². The monoisotopic (exact) mass is 349 g/mol. The highest BCUT2D eigenvalue weighted by Crippen LogP contribution is 2.34. The molecule has 132 valence electrons. The van der Waals surface area contributed by atoms with Gasteiger partial charge in [-0.25, -0.2) is 4.68 Å². The lowest BCUT2D eigenvalue weighted by molar-refractivity contribution is -0.384. The molecule has 0 spiro atoms. The van der Waals surface area contributed by atoms with Gasteiger partial charge < -0.3 is 5.32 Å². The summed E-state index contributed by atoms with van der Waals surface area (Å²) in [5.41, 5.74) is 4.47. The zero-order chi connectivity index (χ0) is 18.1. The summed E-state index contributed by atoms with van der Waals surface area (Å²) in [6.07, 6.45) is 4.80. The maximum absolute atomic E-state index is 11.2. The number of anilines is 1. The molecule has 0 bridgehead atoms. The largest absolute Gasteiger partial charge is 0.370 e. The molecule has 26 heavy (non-hydrogen) atoms. The van der Waals surface area contributed by atoms with E-state index in [1.165, 1.54) is 6.07 Å². The van der Waals surface area contributed by atoms with Crippen LogP contribution in [0.4, 0.5) is 11.5 Å². The van der Waals surface area contributed by atoms with Gasteiger partial charge in [0.25, 0.3) is 5.69 Å². The molecule has 0 amide bonds. The van der Waals surface area contributed by atoms with E-state index in [2.05, 4.69) is 10.3 Å². The van der Waals surface area contributed by atoms with Crippen molar-refractivity contribution in [3.05, 3.63) is 63.8 Å². The second-order valence-electron chi connectivity index (χ2n) is 6.41. The van der Waals surface area contributed by atoms with Gasteiger partial charge in [-0.3, -0.25) is 15.1 Å². The number of hydrogen-bond donors (Lipinski definition) is 1. The molecule has 2 aromatic heterocycles. The molecule has 1 aliphatic rings. The Bertz CT molecular complexity index is 966. The van der Waals surface area contributed by atoms with E-state index in [1.54, 1.807) is 23.0 Å². The molecule has 3 aromatic rings. The minimum absolute atomic E-state index is 0.0582. The van der Waals surface area contributed by atoms with Crippen molar-refractivity contribution in [3.8, 4) is 17.1 Å². The fourth-order valence-electron chi connectivity index (χ4n) is 3.32. The summed E-state index contributed by atoms with van der Waals surface area (Å²) in [6, 6.07) is 10.6. The first-order valence-electron chi connectivity index (χ1n) is 8.68. The van der Waals surface area contributed by atoms with E-state index in [0.29, 0.717) is 5.69 Å². The Morgan fingerprint density at radius 2 is 2.12 bits per heavy atom. The van der Waals surface area contributed by atoms with Crippen LogP contribution in [0.15, 0.2) is 42.6 Å². The van der Waals surface area contributed by atoms with Crippen molar-refractivity contribution >= 4 is 11.5 Å². The van der Waals surface area contributed by atoms with Crippen LogP contribution in [0, 0.1) is 17.0 Å². The van der Waals surface area contributed by atoms with E-state index in [4.69, 9.17) is 5.10 Å². The smallest absolute Gasteiger partial charge is 0.271 e. The maximum atomic E-state index is 11.2. The molecule has 0 fully saturated rings. The number of non-ortho nitro benzene ring substituents is 1. The molecule has 7 heteroatoms. The van der Waals surface area contributed by atoms with Crippen LogP contribution >= 0.6 is 0 Å². The molecule has 0 saturated carbocycles. The van der Waals surface area contributed by atoms with Crippen molar-refractivity contribution in [2.24, 2.45) is 0 Å². The molecule has 4 rings (SSSR count). The maximum Gasteiger partial charge on any atom is 0.271 e. The molecule has 1 aliphatic heterocycles. The summed E-state index contributed by atoms with van der Waals surface area (Å²) in [6.45, 7) is 2.79. The first-order valence-corrected chi connectivity index (χ1v) is 8.68. The van der Waals surface area contributed by atoms with Gasteiger partial charge in [-0.2, -0.15) is 5.10 Å². The number of benzene rings is 1. The van der Waals surface area contributed by atoms with Gasteiger partial charge in [-0.15, -0.1) is 0 Å². The number of pyridine rings is 1. The summed E-state index contributed by atoms with van der Waals surface area (Å²) >= 11 is 0.